The van der Waals surface area contributed by atoms with Crippen LogP contribution in [-0.2, 0) is 0 Å². The standard InChI is InChI=1S/C18H16O6/c1-9-5-4-6-11-12-7-10(22-2)8-13(23-3)15(12)17(24-18(20)21)16(19)14(9)11/h4-8,19H,1-3H3,(H,20,21). The van der Waals surface area contributed by atoms with Crippen LogP contribution in [0.25, 0.3) is 21.5 Å². The molecule has 0 spiro atoms. The van der Waals surface area contributed by atoms with Crippen LogP contribution in [0.1, 0.15) is 5.56 Å². The first kappa shape index (κ1) is 15.7. The number of rotatable bonds is 3. The summed E-state index contributed by atoms with van der Waals surface area (Å²) in [5, 5.41) is 22.0. The predicted octanol–water partition coefficient (Wildman–Crippen LogP) is 4.08. The summed E-state index contributed by atoms with van der Waals surface area (Å²) in [4.78, 5) is 11.1. The maximum absolute atomic E-state index is 11.1. The Morgan fingerprint density at radius 3 is 2.42 bits per heavy atom. The molecule has 0 aliphatic rings. The number of hydrogen-bond acceptors (Lipinski definition) is 5. The molecule has 0 atom stereocenters. The van der Waals surface area contributed by atoms with Gasteiger partial charge in [0.25, 0.3) is 0 Å². The molecule has 0 heterocycles. The SMILES string of the molecule is COc1cc(OC)c2c(OC(=O)O)c(O)c3c(C)cccc3c2c1. The molecular weight excluding hydrogens is 312 g/mol. The molecule has 24 heavy (non-hydrogen) atoms. The first-order valence-corrected chi connectivity index (χ1v) is 7.18. The van der Waals surface area contributed by atoms with Gasteiger partial charge >= 0.3 is 6.16 Å². The van der Waals surface area contributed by atoms with Crippen molar-refractivity contribution < 1.29 is 29.2 Å². The van der Waals surface area contributed by atoms with E-state index in [1.165, 1.54) is 14.2 Å². The van der Waals surface area contributed by atoms with Crippen molar-refractivity contribution >= 4 is 27.7 Å². The summed E-state index contributed by atoms with van der Waals surface area (Å²) >= 11 is 0. The molecular formula is C18H16O6. The molecule has 124 valence electrons. The van der Waals surface area contributed by atoms with Crippen molar-refractivity contribution in [3.63, 3.8) is 0 Å². The van der Waals surface area contributed by atoms with Gasteiger partial charge in [0.2, 0.25) is 0 Å². The third-order valence-corrected chi connectivity index (χ3v) is 3.96. The van der Waals surface area contributed by atoms with Gasteiger partial charge in [-0.3, -0.25) is 0 Å². The van der Waals surface area contributed by atoms with Crippen LogP contribution in [0.2, 0.25) is 0 Å². The van der Waals surface area contributed by atoms with E-state index in [2.05, 4.69) is 0 Å². The molecule has 0 aromatic heterocycles. The van der Waals surface area contributed by atoms with E-state index in [0.717, 1.165) is 10.9 Å². The Morgan fingerprint density at radius 1 is 1.04 bits per heavy atom. The minimum atomic E-state index is -1.52. The number of methoxy groups -OCH3 is 2. The smallest absolute Gasteiger partial charge is 0.504 e. The fourth-order valence-electron chi connectivity index (χ4n) is 2.94. The van der Waals surface area contributed by atoms with Gasteiger partial charge in [0.05, 0.1) is 19.6 Å². The van der Waals surface area contributed by atoms with Gasteiger partial charge in [0.15, 0.2) is 11.5 Å². The summed E-state index contributed by atoms with van der Waals surface area (Å²) in [6.07, 6.45) is -1.52. The highest BCUT2D eigenvalue weighted by Crippen LogP contribution is 2.48. The van der Waals surface area contributed by atoms with Crippen LogP contribution in [0.3, 0.4) is 0 Å². The van der Waals surface area contributed by atoms with E-state index in [0.29, 0.717) is 27.7 Å². The molecule has 3 aromatic rings. The molecule has 0 unspecified atom stereocenters. The lowest BCUT2D eigenvalue weighted by Crippen LogP contribution is -2.05. The van der Waals surface area contributed by atoms with Gasteiger partial charge in [0, 0.05) is 16.8 Å². The maximum Gasteiger partial charge on any atom is 0.511 e. The zero-order valence-electron chi connectivity index (χ0n) is 13.4. The van der Waals surface area contributed by atoms with Gasteiger partial charge < -0.3 is 24.4 Å². The highest BCUT2D eigenvalue weighted by atomic mass is 16.7. The molecule has 0 aliphatic carbocycles. The first-order chi connectivity index (χ1) is 11.5. The summed E-state index contributed by atoms with van der Waals surface area (Å²) < 4.78 is 15.5. The Balaban J connectivity index is 2.60. The van der Waals surface area contributed by atoms with Crippen molar-refractivity contribution in [2.24, 2.45) is 0 Å². The molecule has 2 N–H and O–H groups in total. The van der Waals surface area contributed by atoms with Gasteiger partial charge in [-0.25, -0.2) is 4.79 Å². The second-order valence-electron chi connectivity index (χ2n) is 5.30. The van der Waals surface area contributed by atoms with E-state index in [4.69, 9.17) is 19.3 Å². The Labute approximate surface area is 137 Å². The Bertz CT molecular complexity index is 961. The van der Waals surface area contributed by atoms with Crippen LogP contribution in [0.5, 0.6) is 23.0 Å². The molecule has 0 bridgehead atoms. The summed E-state index contributed by atoms with van der Waals surface area (Å²) in [5.74, 6) is 0.508. The fourth-order valence-corrected chi connectivity index (χ4v) is 2.94. The van der Waals surface area contributed by atoms with E-state index in [9.17, 15) is 9.90 Å². The summed E-state index contributed by atoms with van der Waals surface area (Å²) in [7, 11) is 2.99. The van der Waals surface area contributed by atoms with Crippen LogP contribution in [0.15, 0.2) is 30.3 Å². The largest absolute Gasteiger partial charge is 0.511 e. The van der Waals surface area contributed by atoms with E-state index >= 15 is 0 Å². The van der Waals surface area contributed by atoms with Gasteiger partial charge in [-0.05, 0) is 23.9 Å². The fraction of sp³-hybridized carbons (Fsp3) is 0.167. The van der Waals surface area contributed by atoms with Crippen LogP contribution in [0.4, 0.5) is 4.79 Å². The number of fused-ring (bicyclic) bond motifs is 3. The second-order valence-corrected chi connectivity index (χ2v) is 5.30. The quantitative estimate of drug-likeness (QED) is 0.428. The van der Waals surface area contributed by atoms with E-state index in [1.54, 1.807) is 12.1 Å². The van der Waals surface area contributed by atoms with Crippen molar-refractivity contribution in [1.29, 1.82) is 0 Å². The number of phenols is 1. The monoisotopic (exact) mass is 328 g/mol. The zero-order valence-corrected chi connectivity index (χ0v) is 13.4. The number of hydrogen-bond donors (Lipinski definition) is 2. The van der Waals surface area contributed by atoms with E-state index in [1.807, 2.05) is 25.1 Å². The van der Waals surface area contributed by atoms with E-state index < -0.39 is 6.16 Å². The average molecular weight is 328 g/mol. The number of phenolic OH excluding ortho intramolecular Hbond substituents is 1. The second kappa shape index (κ2) is 5.81. The molecule has 0 fully saturated rings. The number of aryl methyl sites for hydroxylation is 1. The van der Waals surface area contributed by atoms with Crippen molar-refractivity contribution in [1.82, 2.24) is 0 Å². The summed E-state index contributed by atoms with van der Waals surface area (Å²) in [6.45, 7) is 1.83. The lowest BCUT2D eigenvalue weighted by molar-refractivity contribution is 0.143. The number of carboxylic acid groups (broad SMARTS) is 1. The third kappa shape index (κ3) is 2.32. The average Bonchev–Trinajstić information content (AvgIpc) is 2.57. The van der Waals surface area contributed by atoms with Gasteiger partial charge in [0.1, 0.15) is 11.5 Å². The first-order valence-electron chi connectivity index (χ1n) is 7.18. The number of ether oxygens (including phenoxy) is 3. The minimum Gasteiger partial charge on any atom is -0.504 e. The Morgan fingerprint density at radius 2 is 1.79 bits per heavy atom. The number of aromatic hydroxyl groups is 1. The van der Waals surface area contributed by atoms with E-state index in [-0.39, 0.29) is 11.5 Å². The maximum atomic E-state index is 11.1. The molecule has 3 rings (SSSR count). The Kier molecular flexibility index (Phi) is 3.81. The molecule has 0 saturated carbocycles. The van der Waals surface area contributed by atoms with Crippen LogP contribution in [-0.4, -0.2) is 30.6 Å². The highest BCUT2D eigenvalue weighted by molar-refractivity contribution is 6.17. The molecule has 0 amide bonds. The third-order valence-electron chi connectivity index (χ3n) is 3.96. The summed E-state index contributed by atoms with van der Waals surface area (Å²) in [5.41, 5.74) is 0.795. The van der Waals surface area contributed by atoms with Crippen LogP contribution in [0, 0.1) is 6.92 Å². The van der Waals surface area contributed by atoms with Gasteiger partial charge in [-0.2, -0.15) is 0 Å². The van der Waals surface area contributed by atoms with Gasteiger partial charge in [-0.15, -0.1) is 0 Å². The normalized spacial score (nSPS) is 10.8. The summed E-state index contributed by atoms with van der Waals surface area (Å²) in [6, 6.07) is 8.90. The topological polar surface area (TPSA) is 85.2 Å². The van der Waals surface area contributed by atoms with Crippen LogP contribution >= 0.6 is 0 Å². The Hall–Kier alpha value is -3.15. The number of benzene rings is 3. The lowest BCUT2D eigenvalue weighted by Gasteiger charge is -2.17. The predicted molar refractivity (Wildman–Crippen MR) is 89.6 cm³/mol. The molecule has 6 heteroatoms. The minimum absolute atomic E-state index is 0.154. The number of carbonyl (C=O) groups is 1. The highest BCUT2D eigenvalue weighted by Gasteiger charge is 2.22. The zero-order chi connectivity index (χ0) is 17.4. The van der Waals surface area contributed by atoms with Crippen molar-refractivity contribution in [3.8, 4) is 23.0 Å². The molecule has 0 saturated heterocycles. The van der Waals surface area contributed by atoms with Crippen molar-refractivity contribution in [2.45, 2.75) is 6.92 Å². The van der Waals surface area contributed by atoms with Crippen LogP contribution < -0.4 is 14.2 Å². The molecule has 0 aliphatic heterocycles. The molecule has 3 aromatic carbocycles. The van der Waals surface area contributed by atoms with Crippen molar-refractivity contribution in [2.75, 3.05) is 14.2 Å². The molecule has 6 nitrogen and oxygen atoms in total. The van der Waals surface area contributed by atoms with Crippen molar-refractivity contribution in [3.05, 3.63) is 35.9 Å². The lowest BCUT2D eigenvalue weighted by atomic mass is 9.96. The van der Waals surface area contributed by atoms with Gasteiger partial charge in [-0.1, -0.05) is 18.2 Å². The molecule has 0 radical (unpaired) electrons.